The van der Waals surface area contributed by atoms with Gasteiger partial charge < -0.3 is 9.88 Å². The van der Waals surface area contributed by atoms with Gasteiger partial charge in [-0.1, -0.05) is 6.07 Å². The van der Waals surface area contributed by atoms with Gasteiger partial charge in [0.1, 0.15) is 6.54 Å². The molecular weight excluding hydrogens is 278 g/mol. The van der Waals surface area contributed by atoms with Crippen LogP contribution >= 0.6 is 0 Å². The number of rotatable bonds is 5. The van der Waals surface area contributed by atoms with Crippen molar-refractivity contribution in [3.05, 3.63) is 48.8 Å². The molecule has 0 radical (unpaired) electrons. The van der Waals surface area contributed by atoms with Crippen LogP contribution in [0.25, 0.3) is 0 Å². The first kappa shape index (κ1) is 14.7. The van der Waals surface area contributed by atoms with Gasteiger partial charge in [-0.2, -0.15) is 0 Å². The molecule has 0 aromatic carbocycles. The second-order valence-corrected chi connectivity index (χ2v) is 5.74. The molecular formula is C16H21N5O. The molecule has 0 aliphatic carbocycles. The molecule has 0 unspecified atom stereocenters. The van der Waals surface area contributed by atoms with Crippen LogP contribution in [0.15, 0.2) is 43.2 Å². The summed E-state index contributed by atoms with van der Waals surface area (Å²) in [4.78, 5) is 22.5. The van der Waals surface area contributed by atoms with Gasteiger partial charge in [0, 0.05) is 43.9 Å². The molecule has 1 aliphatic heterocycles. The Morgan fingerprint density at radius 2 is 2.32 bits per heavy atom. The predicted molar refractivity (Wildman–Crippen MR) is 82.9 cm³/mol. The van der Waals surface area contributed by atoms with E-state index in [1.807, 2.05) is 12.3 Å². The number of nitrogens with zero attached hydrogens (tertiary/aromatic N) is 4. The molecule has 6 heteroatoms. The van der Waals surface area contributed by atoms with E-state index in [1.165, 1.54) is 5.56 Å². The summed E-state index contributed by atoms with van der Waals surface area (Å²) in [7, 11) is 0. The Labute approximate surface area is 130 Å². The molecule has 6 nitrogen and oxygen atoms in total. The second kappa shape index (κ2) is 7.17. The number of amides is 1. The summed E-state index contributed by atoms with van der Waals surface area (Å²) in [6, 6.07) is 4.28. The minimum Gasteiger partial charge on any atom is -0.351 e. The van der Waals surface area contributed by atoms with Gasteiger partial charge in [0.2, 0.25) is 5.91 Å². The zero-order chi connectivity index (χ0) is 15.2. The number of pyridine rings is 1. The van der Waals surface area contributed by atoms with Crippen LogP contribution < -0.4 is 5.32 Å². The average Bonchev–Trinajstić information content (AvgIpc) is 3.01. The fourth-order valence-corrected chi connectivity index (χ4v) is 2.89. The molecule has 22 heavy (non-hydrogen) atoms. The Hall–Kier alpha value is -2.21. The maximum Gasteiger partial charge on any atom is 0.240 e. The molecule has 2 aromatic heterocycles. The zero-order valence-electron chi connectivity index (χ0n) is 12.6. The van der Waals surface area contributed by atoms with Gasteiger partial charge in [0.15, 0.2) is 0 Å². The molecule has 116 valence electrons. The quantitative estimate of drug-likeness (QED) is 0.896. The van der Waals surface area contributed by atoms with Gasteiger partial charge in [0.25, 0.3) is 0 Å². The molecule has 1 saturated heterocycles. The largest absolute Gasteiger partial charge is 0.351 e. The van der Waals surface area contributed by atoms with Crippen LogP contribution in [-0.2, 0) is 17.9 Å². The molecule has 2 aromatic rings. The normalized spacial score (nSPS) is 19.0. The van der Waals surface area contributed by atoms with E-state index in [1.54, 1.807) is 29.5 Å². The lowest BCUT2D eigenvalue weighted by Gasteiger charge is -2.33. The minimum atomic E-state index is 0.0474. The third-order valence-corrected chi connectivity index (χ3v) is 3.88. The van der Waals surface area contributed by atoms with Crippen molar-refractivity contribution in [3.8, 4) is 0 Å². The molecule has 0 spiro atoms. The van der Waals surface area contributed by atoms with Gasteiger partial charge in [-0.15, -0.1) is 0 Å². The van der Waals surface area contributed by atoms with Crippen LogP contribution in [0.5, 0.6) is 0 Å². The van der Waals surface area contributed by atoms with Crippen LogP contribution in [-0.4, -0.2) is 44.5 Å². The first-order chi connectivity index (χ1) is 10.8. The van der Waals surface area contributed by atoms with Gasteiger partial charge in [0.05, 0.1) is 6.33 Å². The number of aromatic nitrogens is 3. The summed E-state index contributed by atoms with van der Waals surface area (Å²) in [6.45, 7) is 3.19. The van der Waals surface area contributed by atoms with Crippen molar-refractivity contribution in [3.63, 3.8) is 0 Å². The maximum atomic E-state index is 12.1. The van der Waals surface area contributed by atoms with E-state index in [0.717, 1.165) is 32.5 Å². The summed E-state index contributed by atoms with van der Waals surface area (Å²) < 4.78 is 1.78. The first-order valence-electron chi connectivity index (χ1n) is 7.66. The van der Waals surface area contributed by atoms with Gasteiger partial charge in [-0.25, -0.2) is 4.98 Å². The van der Waals surface area contributed by atoms with Crippen LogP contribution in [0.4, 0.5) is 0 Å². The molecule has 1 atom stereocenters. The molecule has 3 rings (SSSR count). The Morgan fingerprint density at radius 1 is 1.36 bits per heavy atom. The topological polar surface area (TPSA) is 63.1 Å². The maximum absolute atomic E-state index is 12.1. The molecule has 3 heterocycles. The lowest BCUT2D eigenvalue weighted by Crippen LogP contribution is -2.48. The van der Waals surface area contributed by atoms with Crippen molar-refractivity contribution in [1.29, 1.82) is 0 Å². The number of carbonyl (C=O) groups excluding carboxylic acids is 1. The third kappa shape index (κ3) is 4.14. The number of hydrogen-bond acceptors (Lipinski definition) is 4. The highest BCUT2D eigenvalue weighted by Crippen LogP contribution is 2.13. The molecule has 1 aliphatic rings. The van der Waals surface area contributed by atoms with E-state index in [-0.39, 0.29) is 11.9 Å². The minimum absolute atomic E-state index is 0.0474. The van der Waals surface area contributed by atoms with Crippen LogP contribution in [0.1, 0.15) is 18.4 Å². The van der Waals surface area contributed by atoms with Crippen molar-refractivity contribution < 1.29 is 4.79 Å². The highest BCUT2D eigenvalue weighted by molar-refractivity contribution is 5.76. The summed E-state index contributed by atoms with van der Waals surface area (Å²) in [5.41, 5.74) is 1.22. The highest BCUT2D eigenvalue weighted by atomic mass is 16.2. The van der Waals surface area contributed by atoms with Gasteiger partial charge in [-0.3, -0.25) is 14.7 Å². The Morgan fingerprint density at radius 3 is 3.09 bits per heavy atom. The number of hydrogen-bond donors (Lipinski definition) is 1. The molecule has 1 amide bonds. The Balaban J connectivity index is 1.49. The number of piperidine rings is 1. The summed E-state index contributed by atoms with van der Waals surface area (Å²) in [5, 5.41) is 3.13. The number of carbonyl (C=O) groups is 1. The van der Waals surface area contributed by atoms with E-state index >= 15 is 0 Å². The molecule has 1 fully saturated rings. The van der Waals surface area contributed by atoms with Crippen molar-refractivity contribution in [2.75, 3.05) is 13.1 Å². The standard InChI is InChI=1S/C16H21N5O/c22-16(12-21-8-6-18-13-21)19-15-4-2-7-20(11-15)10-14-3-1-5-17-9-14/h1,3,5-6,8-9,13,15H,2,4,7,10-12H2,(H,19,22)/t15-/m0/s1. The Kier molecular flexibility index (Phi) is 4.80. The van der Waals surface area contributed by atoms with E-state index in [4.69, 9.17) is 0 Å². The van der Waals surface area contributed by atoms with Crippen molar-refractivity contribution >= 4 is 5.91 Å². The summed E-state index contributed by atoms with van der Waals surface area (Å²) >= 11 is 0. The smallest absolute Gasteiger partial charge is 0.240 e. The number of nitrogens with one attached hydrogen (secondary N) is 1. The first-order valence-corrected chi connectivity index (χ1v) is 7.66. The van der Waals surface area contributed by atoms with E-state index < -0.39 is 0 Å². The number of imidazole rings is 1. The average molecular weight is 299 g/mol. The van der Waals surface area contributed by atoms with Gasteiger partial charge >= 0.3 is 0 Å². The van der Waals surface area contributed by atoms with Crippen LogP contribution in [0.2, 0.25) is 0 Å². The van der Waals surface area contributed by atoms with Crippen LogP contribution in [0, 0.1) is 0 Å². The summed E-state index contributed by atoms with van der Waals surface area (Å²) in [5.74, 6) is 0.0474. The number of likely N-dealkylation sites (tertiary alicyclic amines) is 1. The van der Waals surface area contributed by atoms with Crippen LogP contribution in [0.3, 0.4) is 0 Å². The summed E-state index contributed by atoms with van der Waals surface area (Å²) in [6.07, 6.45) is 11.0. The Bertz CT molecular complexity index is 584. The zero-order valence-corrected chi connectivity index (χ0v) is 12.6. The van der Waals surface area contributed by atoms with E-state index in [2.05, 4.69) is 26.3 Å². The lowest BCUT2D eigenvalue weighted by molar-refractivity contribution is -0.122. The SMILES string of the molecule is O=C(Cn1ccnc1)N[C@H]1CCCN(Cc2cccnc2)C1. The van der Waals surface area contributed by atoms with Gasteiger partial charge in [-0.05, 0) is 31.0 Å². The van der Waals surface area contributed by atoms with Crippen molar-refractivity contribution in [2.24, 2.45) is 0 Å². The predicted octanol–water partition coefficient (Wildman–Crippen LogP) is 1.06. The van der Waals surface area contributed by atoms with Crippen molar-refractivity contribution in [1.82, 2.24) is 24.8 Å². The fourth-order valence-electron chi connectivity index (χ4n) is 2.89. The van der Waals surface area contributed by atoms with E-state index in [0.29, 0.717) is 6.54 Å². The second-order valence-electron chi connectivity index (χ2n) is 5.74. The molecule has 1 N–H and O–H groups in total. The fraction of sp³-hybridized carbons (Fsp3) is 0.438. The third-order valence-electron chi connectivity index (χ3n) is 3.88. The van der Waals surface area contributed by atoms with E-state index in [9.17, 15) is 4.79 Å². The monoisotopic (exact) mass is 299 g/mol. The molecule has 0 saturated carbocycles. The molecule has 0 bridgehead atoms. The highest BCUT2D eigenvalue weighted by Gasteiger charge is 2.21. The van der Waals surface area contributed by atoms with Crippen molar-refractivity contribution in [2.45, 2.75) is 32.0 Å². The lowest BCUT2D eigenvalue weighted by atomic mass is 10.0.